The van der Waals surface area contributed by atoms with E-state index in [1.165, 1.54) is 0 Å². The summed E-state index contributed by atoms with van der Waals surface area (Å²) in [5.41, 5.74) is 8.64. The van der Waals surface area contributed by atoms with Crippen LogP contribution in [-0.2, 0) is 18.4 Å². The fraction of sp³-hybridized carbons (Fsp3) is 0.200. The zero-order valence-electron chi connectivity index (χ0n) is 16.1. The molecule has 0 unspecified atom stereocenters. The molecule has 29 heavy (non-hydrogen) atoms. The number of ketones is 1. The number of Topliss-reactive ketones (excluding diaryl/α,β-unsaturated/α-hetero) is 1. The van der Waals surface area contributed by atoms with Crippen LogP contribution in [0.4, 0.5) is 11.5 Å². The van der Waals surface area contributed by atoms with E-state index in [4.69, 9.17) is 22.3 Å². The first-order chi connectivity index (χ1) is 13.9. The number of halogens is 1. The first-order valence-electron chi connectivity index (χ1n) is 9.13. The third kappa shape index (κ3) is 3.66. The smallest absolute Gasteiger partial charge is 0.243 e. The number of rotatable bonds is 5. The summed E-state index contributed by atoms with van der Waals surface area (Å²) in [6.07, 6.45) is 9.51. The number of fused-ring (bicyclic) bond motifs is 1. The Morgan fingerprint density at radius 1 is 1.34 bits per heavy atom. The highest BCUT2D eigenvalue weighted by Crippen LogP contribution is 2.31. The molecule has 0 spiro atoms. The van der Waals surface area contributed by atoms with E-state index in [-0.39, 0.29) is 16.5 Å². The Balaban J connectivity index is 1.69. The number of hydrogen-bond acceptors (Lipinski definition) is 5. The van der Waals surface area contributed by atoms with Gasteiger partial charge in [0.2, 0.25) is 12.1 Å². The van der Waals surface area contributed by atoms with Crippen molar-refractivity contribution in [3.63, 3.8) is 0 Å². The fourth-order valence-electron chi connectivity index (χ4n) is 3.12. The van der Waals surface area contributed by atoms with Gasteiger partial charge in [0.05, 0.1) is 30.5 Å². The average Bonchev–Trinajstić information content (AvgIpc) is 3.28. The molecule has 0 saturated heterocycles. The minimum Gasteiger partial charge on any atom is -0.396 e. The number of aliphatic imine (C=N–C) groups is 1. The molecule has 0 atom stereocenters. The van der Waals surface area contributed by atoms with Crippen molar-refractivity contribution < 1.29 is 9.36 Å². The molecule has 3 heterocycles. The summed E-state index contributed by atoms with van der Waals surface area (Å²) in [6.45, 7) is 3.13. The number of aryl methyl sites for hydroxylation is 1. The number of nitrogens with one attached hydrogen (secondary N) is 1. The van der Waals surface area contributed by atoms with E-state index in [0.717, 1.165) is 12.1 Å². The summed E-state index contributed by atoms with van der Waals surface area (Å²) < 4.78 is 5.82. The van der Waals surface area contributed by atoms with Gasteiger partial charge in [0.15, 0.2) is 5.82 Å². The molecule has 8 nitrogen and oxygen atoms in total. The van der Waals surface area contributed by atoms with Crippen molar-refractivity contribution >= 4 is 40.1 Å². The predicted molar refractivity (Wildman–Crippen MR) is 112 cm³/mol. The highest BCUT2D eigenvalue weighted by atomic mass is 35.5. The summed E-state index contributed by atoms with van der Waals surface area (Å²) in [6, 6.07) is 5.74. The Morgan fingerprint density at radius 2 is 2.17 bits per heavy atom. The molecule has 0 saturated carbocycles. The molecule has 0 radical (unpaired) electrons. The zero-order chi connectivity index (χ0) is 20.5. The molecule has 0 amide bonds. The molecule has 0 aromatic carbocycles. The number of carbonyl (C=O) groups excluding carboxylic acids is 1. The molecule has 3 aromatic rings. The predicted octanol–water partition coefficient (Wildman–Crippen LogP) is 2.08. The first kappa shape index (κ1) is 18.9. The summed E-state index contributed by atoms with van der Waals surface area (Å²) in [5, 5.41) is 7.94. The maximum atomic E-state index is 12.0. The van der Waals surface area contributed by atoms with Crippen LogP contribution < -0.4 is 15.6 Å². The second-order valence-corrected chi connectivity index (χ2v) is 7.23. The van der Waals surface area contributed by atoms with Crippen molar-refractivity contribution in [2.24, 2.45) is 17.8 Å². The lowest BCUT2D eigenvalue weighted by Crippen LogP contribution is -2.24. The lowest BCUT2D eigenvalue weighted by Gasteiger charge is -2.12. The van der Waals surface area contributed by atoms with Crippen LogP contribution >= 0.6 is 11.6 Å². The quantitative estimate of drug-likeness (QED) is 0.497. The number of aromatic nitrogens is 4. The van der Waals surface area contributed by atoms with Gasteiger partial charge >= 0.3 is 0 Å². The molecule has 3 N–H and O–H groups in total. The van der Waals surface area contributed by atoms with Crippen LogP contribution in [0.25, 0.3) is 5.52 Å². The zero-order valence-corrected chi connectivity index (χ0v) is 16.9. The van der Waals surface area contributed by atoms with E-state index in [1.54, 1.807) is 17.5 Å². The van der Waals surface area contributed by atoms with Gasteiger partial charge in [0.25, 0.3) is 0 Å². The van der Waals surface area contributed by atoms with Crippen LogP contribution in [-0.4, -0.2) is 32.2 Å². The first-order valence-corrected chi connectivity index (χ1v) is 9.51. The van der Waals surface area contributed by atoms with Crippen LogP contribution in [0.3, 0.4) is 0 Å². The second-order valence-electron chi connectivity index (χ2n) is 6.85. The lowest BCUT2D eigenvalue weighted by molar-refractivity contribution is -0.671. The third-order valence-electron chi connectivity index (χ3n) is 4.66. The van der Waals surface area contributed by atoms with Crippen LogP contribution in [0.15, 0.2) is 70.5 Å². The van der Waals surface area contributed by atoms with E-state index in [0.29, 0.717) is 29.3 Å². The van der Waals surface area contributed by atoms with Gasteiger partial charge in [-0.05, 0) is 25.1 Å². The van der Waals surface area contributed by atoms with Crippen LogP contribution in [0.5, 0.6) is 0 Å². The molecule has 0 aliphatic heterocycles. The van der Waals surface area contributed by atoms with Crippen LogP contribution in [0, 0.1) is 0 Å². The molecule has 1 aliphatic carbocycles. The molecule has 3 aromatic heterocycles. The van der Waals surface area contributed by atoms with Crippen molar-refractivity contribution in [2.45, 2.75) is 13.5 Å². The van der Waals surface area contributed by atoms with Crippen molar-refractivity contribution in [3.8, 4) is 0 Å². The fourth-order valence-corrected chi connectivity index (χ4v) is 3.37. The Kier molecular flexibility index (Phi) is 4.94. The highest BCUT2D eigenvalue weighted by molar-refractivity contribution is 6.49. The largest absolute Gasteiger partial charge is 0.396 e. The maximum absolute atomic E-state index is 12.0. The molecule has 0 fully saturated rings. The molecular weight excluding hydrogens is 390 g/mol. The monoisotopic (exact) mass is 410 g/mol. The minimum atomic E-state index is -0.277. The molecule has 9 heteroatoms. The van der Waals surface area contributed by atoms with Crippen LogP contribution in [0.1, 0.15) is 6.92 Å². The lowest BCUT2D eigenvalue weighted by atomic mass is 10.0. The summed E-state index contributed by atoms with van der Waals surface area (Å²) in [4.78, 5) is 16.7. The maximum Gasteiger partial charge on any atom is 0.243 e. The van der Waals surface area contributed by atoms with Gasteiger partial charge < -0.3 is 11.1 Å². The number of pyridine rings is 1. The molecule has 0 bridgehead atoms. The Bertz CT molecular complexity index is 1200. The summed E-state index contributed by atoms with van der Waals surface area (Å²) in [5.74, 6) is 0.355. The molecule has 148 valence electrons. The van der Waals surface area contributed by atoms with E-state index < -0.39 is 0 Å². The molecule has 4 rings (SSSR count). The summed E-state index contributed by atoms with van der Waals surface area (Å²) >= 11 is 6.10. The van der Waals surface area contributed by atoms with Gasteiger partial charge in [-0.2, -0.15) is 0 Å². The molecular formula is C20H21ClN7O+. The highest BCUT2D eigenvalue weighted by Gasteiger charge is 2.23. The Morgan fingerprint density at radius 3 is 2.93 bits per heavy atom. The molecule has 1 aliphatic rings. The van der Waals surface area contributed by atoms with E-state index in [1.807, 2.05) is 54.7 Å². The van der Waals surface area contributed by atoms with Gasteiger partial charge in [-0.3, -0.25) is 4.79 Å². The third-order valence-corrected chi connectivity index (χ3v) is 5.03. The van der Waals surface area contributed by atoms with Gasteiger partial charge in [0, 0.05) is 11.8 Å². The van der Waals surface area contributed by atoms with Gasteiger partial charge in [-0.15, -0.1) is 5.10 Å². The van der Waals surface area contributed by atoms with Crippen molar-refractivity contribution in [2.75, 3.05) is 11.9 Å². The number of hydrogen-bond donors (Lipinski definition) is 2. The number of imidazole rings is 1. The van der Waals surface area contributed by atoms with Gasteiger partial charge in [0.1, 0.15) is 29.7 Å². The van der Waals surface area contributed by atoms with Gasteiger partial charge in [-0.1, -0.05) is 17.7 Å². The second kappa shape index (κ2) is 7.56. The number of nitrogens with two attached hydrogens (primary N) is 1. The Labute approximate surface area is 172 Å². The van der Waals surface area contributed by atoms with Gasteiger partial charge in [-0.25, -0.2) is 18.6 Å². The number of allylic oxidation sites excluding steroid dienone is 3. The van der Waals surface area contributed by atoms with E-state index in [9.17, 15) is 4.79 Å². The minimum absolute atomic E-state index is 0.00443. The topological polar surface area (TPSA) is 93.6 Å². The average molecular weight is 411 g/mol. The number of anilines is 1. The van der Waals surface area contributed by atoms with E-state index >= 15 is 0 Å². The summed E-state index contributed by atoms with van der Waals surface area (Å²) in [7, 11) is 1.98. The van der Waals surface area contributed by atoms with Crippen molar-refractivity contribution in [1.29, 1.82) is 0 Å². The van der Waals surface area contributed by atoms with Crippen molar-refractivity contribution in [3.05, 3.63) is 65.5 Å². The van der Waals surface area contributed by atoms with Crippen LogP contribution in [0.2, 0.25) is 0 Å². The SMILES string of the molecule is CC1=CC(=Nc2c(NCCn3cc[n+](C)c3)nn3ccccc23)C(N)=C(Cl)C1=O. The number of carbonyl (C=O) groups is 1. The Hall–Kier alpha value is -3.39. The standard InChI is InChI=1S/C20H20ClN7O/c1-13-11-14(17(22)16(21)19(13)29)24-18-15-5-3-4-7-28(15)25-20(18)23-6-8-27-10-9-26(2)12-27/h3-5,7,9-12H,6,8H2,1-2H3,(H2-,22,23,25,29)/p+1. The normalized spacial score (nSPS) is 16.0. The van der Waals surface area contributed by atoms with Crippen molar-refractivity contribution in [1.82, 2.24) is 14.2 Å². The number of nitrogens with zero attached hydrogens (tertiary/aromatic N) is 5. The van der Waals surface area contributed by atoms with E-state index in [2.05, 4.69) is 15.0 Å².